The Morgan fingerprint density at radius 2 is 1.65 bits per heavy atom. The van der Waals surface area contributed by atoms with Crippen LogP contribution in [0.3, 0.4) is 0 Å². The highest BCUT2D eigenvalue weighted by Crippen LogP contribution is 2.41. The summed E-state index contributed by atoms with van der Waals surface area (Å²) in [6, 6.07) is 0. The van der Waals surface area contributed by atoms with Gasteiger partial charge in [-0.05, 0) is 12.8 Å². The zero-order valence-corrected chi connectivity index (χ0v) is 11.0. The largest absolute Gasteiger partial charge is 0.377 e. The van der Waals surface area contributed by atoms with Crippen molar-refractivity contribution < 1.29 is 33.4 Å². The van der Waals surface area contributed by atoms with Crippen LogP contribution in [-0.4, -0.2) is 56.3 Å². The number of nitrogens with zero attached hydrogens (tertiary/aromatic N) is 1. The number of ether oxygens (including phenoxy) is 1. The van der Waals surface area contributed by atoms with Crippen LogP contribution in [0.2, 0.25) is 0 Å². The molecule has 0 radical (unpaired) electrons. The minimum atomic E-state index is -4.34. The summed E-state index contributed by atoms with van der Waals surface area (Å²) in [7, 11) is -8.68. The SMILES string of the molecule is O=P(O)(O)CN(CC1CCCO1)CP(=O)(O)O. The topological polar surface area (TPSA) is 128 Å². The molecule has 102 valence electrons. The van der Waals surface area contributed by atoms with Crippen LogP contribution < -0.4 is 0 Å². The Kier molecular flexibility index (Phi) is 5.31. The zero-order valence-electron chi connectivity index (χ0n) is 9.18. The summed E-state index contributed by atoms with van der Waals surface area (Å²) in [4.78, 5) is 36.4. The molecule has 1 heterocycles. The molecule has 10 heteroatoms. The first-order valence-corrected chi connectivity index (χ1v) is 8.68. The minimum absolute atomic E-state index is 0.121. The molecule has 8 nitrogen and oxygen atoms in total. The van der Waals surface area contributed by atoms with Crippen LogP contribution in [0.25, 0.3) is 0 Å². The summed E-state index contributed by atoms with van der Waals surface area (Å²) in [5, 5.41) is 0. The van der Waals surface area contributed by atoms with E-state index in [0.717, 1.165) is 17.7 Å². The Morgan fingerprint density at radius 3 is 2.00 bits per heavy atom. The summed E-state index contributed by atoms with van der Waals surface area (Å²) in [6.07, 6.45) is 0.0344. The van der Waals surface area contributed by atoms with Crippen molar-refractivity contribution in [3.63, 3.8) is 0 Å². The van der Waals surface area contributed by atoms with Gasteiger partial charge in [0.2, 0.25) is 0 Å². The lowest BCUT2D eigenvalue weighted by Gasteiger charge is -2.25. The molecule has 0 aliphatic carbocycles. The van der Waals surface area contributed by atoms with Crippen molar-refractivity contribution in [2.24, 2.45) is 0 Å². The Hall–Kier alpha value is 0.220. The average Bonchev–Trinajstić information content (AvgIpc) is 2.49. The van der Waals surface area contributed by atoms with Crippen molar-refractivity contribution in [3.8, 4) is 0 Å². The van der Waals surface area contributed by atoms with Crippen LogP contribution in [0.15, 0.2) is 0 Å². The van der Waals surface area contributed by atoms with Gasteiger partial charge in [0.15, 0.2) is 0 Å². The maximum atomic E-state index is 10.9. The van der Waals surface area contributed by atoms with E-state index >= 15 is 0 Å². The Bertz CT molecular complexity index is 307. The molecule has 1 rings (SSSR count). The second kappa shape index (κ2) is 5.91. The fourth-order valence-corrected chi connectivity index (χ4v) is 3.39. The van der Waals surface area contributed by atoms with Crippen molar-refractivity contribution in [2.75, 3.05) is 25.7 Å². The normalized spacial score (nSPS) is 22.3. The monoisotopic (exact) mass is 289 g/mol. The van der Waals surface area contributed by atoms with Crippen molar-refractivity contribution in [1.82, 2.24) is 4.90 Å². The highest BCUT2D eigenvalue weighted by Gasteiger charge is 2.28. The van der Waals surface area contributed by atoms with Crippen molar-refractivity contribution in [1.29, 1.82) is 0 Å². The van der Waals surface area contributed by atoms with Crippen molar-refractivity contribution in [2.45, 2.75) is 18.9 Å². The van der Waals surface area contributed by atoms with Gasteiger partial charge in [0.1, 0.15) is 12.6 Å². The lowest BCUT2D eigenvalue weighted by molar-refractivity contribution is 0.0807. The summed E-state index contributed by atoms with van der Waals surface area (Å²) >= 11 is 0. The number of rotatable bonds is 6. The molecule has 0 spiro atoms. The molecule has 17 heavy (non-hydrogen) atoms. The number of hydrogen-bond donors (Lipinski definition) is 4. The Balaban J connectivity index is 2.57. The van der Waals surface area contributed by atoms with Gasteiger partial charge in [0.25, 0.3) is 0 Å². The molecule has 1 fully saturated rings. The molecule has 0 saturated carbocycles. The van der Waals surface area contributed by atoms with Crippen LogP contribution in [0, 0.1) is 0 Å². The van der Waals surface area contributed by atoms with Gasteiger partial charge in [-0.25, -0.2) is 0 Å². The smallest absolute Gasteiger partial charge is 0.339 e. The van der Waals surface area contributed by atoms with E-state index in [2.05, 4.69) is 0 Å². The van der Waals surface area contributed by atoms with Crippen LogP contribution >= 0.6 is 15.2 Å². The highest BCUT2D eigenvalue weighted by atomic mass is 31.2. The molecule has 1 atom stereocenters. The van der Waals surface area contributed by atoms with E-state index in [0.29, 0.717) is 6.61 Å². The first kappa shape index (κ1) is 15.3. The van der Waals surface area contributed by atoms with Crippen molar-refractivity contribution in [3.05, 3.63) is 0 Å². The van der Waals surface area contributed by atoms with E-state index in [-0.39, 0.29) is 12.6 Å². The number of hydrogen-bond acceptors (Lipinski definition) is 4. The third kappa shape index (κ3) is 7.28. The molecular formula is C7H17NO7P2. The van der Waals surface area contributed by atoms with Gasteiger partial charge in [-0.2, -0.15) is 0 Å². The van der Waals surface area contributed by atoms with Crippen LogP contribution in [0.4, 0.5) is 0 Å². The van der Waals surface area contributed by atoms with Gasteiger partial charge >= 0.3 is 15.2 Å². The molecule has 1 aliphatic heterocycles. The molecule has 1 unspecified atom stereocenters. The Labute approximate surface area is 98.9 Å². The van der Waals surface area contributed by atoms with E-state index < -0.39 is 27.8 Å². The van der Waals surface area contributed by atoms with Gasteiger partial charge in [0, 0.05) is 13.2 Å². The molecule has 1 saturated heterocycles. The molecule has 0 bridgehead atoms. The molecule has 0 aromatic rings. The fourth-order valence-electron chi connectivity index (χ4n) is 1.76. The van der Waals surface area contributed by atoms with E-state index in [1.807, 2.05) is 0 Å². The standard InChI is InChI=1S/C7H17NO7P2/c9-16(10,11)5-8(6-17(12,13)14)4-7-2-1-3-15-7/h7H,1-6H2,(H2,9,10,11)(H2,12,13,14). The summed E-state index contributed by atoms with van der Waals surface area (Å²) in [5.41, 5.74) is 0. The van der Waals surface area contributed by atoms with Gasteiger partial charge in [0.05, 0.1) is 6.10 Å². The summed E-state index contributed by atoms with van der Waals surface area (Å²) < 4.78 is 27.0. The van der Waals surface area contributed by atoms with Gasteiger partial charge < -0.3 is 24.3 Å². The lowest BCUT2D eigenvalue weighted by Crippen LogP contribution is -2.33. The highest BCUT2D eigenvalue weighted by molar-refractivity contribution is 7.52. The predicted molar refractivity (Wildman–Crippen MR) is 59.5 cm³/mol. The molecule has 0 aromatic carbocycles. The van der Waals surface area contributed by atoms with E-state index in [1.165, 1.54) is 0 Å². The van der Waals surface area contributed by atoms with Crippen molar-refractivity contribution >= 4 is 15.2 Å². The zero-order chi connectivity index (χ0) is 13.1. The molecule has 1 aliphatic rings. The fraction of sp³-hybridized carbons (Fsp3) is 1.00. The average molecular weight is 289 g/mol. The molecular weight excluding hydrogens is 272 g/mol. The van der Waals surface area contributed by atoms with Crippen LogP contribution in [0.1, 0.15) is 12.8 Å². The predicted octanol–water partition coefficient (Wildman–Crippen LogP) is -0.262. The first-order chi connectivity index (χ1) is 7.66. The molecule has 4 N–H and O–H groups in total. The second-order valence-electron chi connectivity index (χ2n) is 4.10. The molecule has 0 amide bonds. The van der Waals surface area contributed by atoms with Crippen LogP contribution in [0.5, 0.6) is 0 Å². The van der Waals surface area contributed by atoms with Gasteiger partial charge in [-0.1, -0.05) is 0 Å². The second-order valence-corrected chi connectivity index (χ2v) is 7.33. The van der Waals surface area contributed by atoms with Crippen LogP contribution in [-0.2, 0) is 13.9 Å². The maximum Gasteiger partial charge on any atom is 0.339 e. The minimum Gasteiger partial charge on any atom is -0.377 e. The van der Waals surface area contributed by atoms with Gasteiger partial charge in [-0.15, -0.1) is 0 Å². The van der Waals surface area contributed by atoms with Gasteiger partial charge in [-0.3, -0.25) is 14.0 Å². The third-order valence-corrected chi connectivity index (χ3v) is 3.79. The quantitative estimate of drug-likeness (QED) is 0.492. The molecule has 0 aromatic heterocycles. The van der Waals surface area contributed by atoms with E-state index in [4.69, 9.17) is 24.3 Å². The Morgan fingerprint density at radius 1 is 1.12 bits per heavy atom. The lowest BCUT2D eigenvalue weighted by atomic mass is 10.2. The van der Waals surface area contributed by atoms with E-state index in [1.54, 1.807) is 0 Å². The first-order valence-electron chi connectivity index (χ1n) is 5.09. The summed E-state index contributed by atoms with van der Waals surface area (Å²) in [6.45, 7) is 0.695. The van der Waals surface area contributed by atoms with E-state index in [9.17, 15) is 9.13 Å². The summed E-state index contributed by atoms with van der Waals surface area (Å²) in [5.74, 6) is 0. The third-order valence-electron chi connectivity index (χ3n) is 2.25. The maximum absolute atomic E-state index is 10.9.